The van der Waals surface area contributed by atoms with Crippen molar-refractivity contribution >= 4 is 56.5 Å². The average molecular weight is 540 g/mol. The summed E-state index contributed by atoms with van der Waals surface area (Å²) in [7, 11) is 0. The van der Waals surface area contributed by atoms with Crippen molar-refractivity contribution in [1.29, 1.82) is 0 Å². The first kappa shape index (κ1) is 24.6. The van der Waals surface area contributed by atoms with Gasteiger partial charge < -0.3 is 20.3 Å². The third-order valence-corrected chi connectivity index (χ3v) is 7.95. The Morgan fingerprint density at radius 2 is 1.97 bits per heavy atom. The maximum atomic E-state index is 13.5. The van der Waals surface area contributed by atoms with Crippen molar-refractivity contribution in [2.75, 3.05) is 23.3 Å². The van der Waals surface area contributed by atoms with Crippen molar-refractivity contribution in [2.45, 2.75) is 19.4 Å². The van der Waals surface area contributed by atoms with Crippen LogP contribution in [0, 0.1) is 6.92 Å². The standard InChI is InChI=1S/C29H25N5O4S/c1-3-23(35)33-14-12-18(16-33)31-27(36)26-25-24-22(11-13-30-28(24)39-26)34(29(37)32-25)21-10-9-20(15-17(21)2)38-19-7-5-4-6-8-19/h3-11,13,15,18H,1,12,14,16H2,2H3,(H,31,36)(H,32,37)/t18-/m1/s1. The lowest BCUT2D eigenvalue weighted by atomic mass is 10.1. The van der Waals surface area contributed by atoms with Gasteiger partial charge in [0.25, 0.3) is 5.91 Å². The molecular weight excluding hydrogens is 514 g/mol. The van der Waals surface area contributed by atoms with E-state index in [9.17, 15) is 14.4 Å². The molecule has 2 N–H and O–H groups in total. The zero-order valence-corrected chi connectivity index (χ0v) is 22.0. The SMILES string of the molecule is C=CC(=O)N1CC[C@@H](NC(=O)c2sc3nccc4c3c2NC(=O)N4c2ccc(Oc3ccccc3)cc2C)C1. The van der Waals surface area contributed by atoms with Crippen LogP contribution in [0.4, 0.5) is 21.9 Å². The summed E-state index contributed by atoms with van der Waals surface area (Å²) in [6.07, 6.45) is 3.57. The molecule has 0 radical (unpaired) electrons. The fourth-order valence-corrected chi connectivity index (χ4v) is 6.03. The first-order chi connectivity index (χ1) is 18.9. The van der Waals surface area contributed by atoms with Gasteiger partial charge in [0.05, 0.1) is 22.4 Å². The van der Waals surface area contributed by atoms with Gasteiger partial charge in [-0.2, -0.15) is 0 Å². The van der Waals surface area contributed by atoms with Gasteiger partial charge in [-0.15, -0.1) is 11.3 Å². The second-order valence-corrected chi connectivity index (χ2v) is 10.4. The highest BCUT2D eigenvalue weighted by molar-refractivity contribution is 7.21. The van der Waals surface area contributed by atoms with Crippen LogP contribution in [0.5, 0.6) is 11.5 Å². The summed E-state index contributed by atoms with van der Waals surface area (Å²) < 4.78 is 5.95. The molecule has 10 heteroatoms. The molecule has 0 bridgehead atoms. The number of amides is 4. The number of carbonyl (C=O) groups is 3. The Labute approximate surface area is 228 Å². The van der Waals surface area contributed by atoms with Gasteiger partial charge in [-0.1, -0.05) is 24.8 Å². The molecule has 4 amide bonds. The molecule has 0 unspecified atom stereocenters. The molecule has 0 saturated carbocycles. The van der Waals surface area contributed by atoms with Gasteiger partial charge in [-0.25, -0.2) is 9.78 Å². The molecule has 9 nitrogen and oxygen atoms in total. The number of benzene rings is 2. The van der Waals surface area contributed by atoms with E-state index in [0.29, 0.717) is 57.4 Å². The second kappa shape index (κ2) is 9.88. The predicted molar refractivity (Wildman–Crippen MR) is 151 cm³/mol. The molecule has 1 fully saturated rings. The van der Waals surface area contributed by atoms with Crippen molar-refractivity contribution in [3.05, 3.63) is 83.9 Å². The van der Waals surface area contributed by atoms with E-state index in [1.165, 1.54) is 17.4 Å². The number of anilines is 3. The van der Waals surface area contributed by atoms with Crippen LogP contribution in [0.15, 0.2) is 73.4 Å². The number of nitrogens with zero attached hydrogens (tertiary/aromatic N) is 3. The number of rotatable bonds is 6. The summed E-state index contributed by atoms with van der Waals surface area (Å²) in [5, 5.41) is 6.66. The molecule has 39 heavy (non-hydrogen) atoms. The van der Waals surface area contributed by atoms with Crippen LogP contribution in [-0.4, -0.2) is 46.9 Å². The van der Waals surface area contributed by atoms with Crippen molar-refractivity contribution in [1.82, 2.24) is 15.2 Å². The number of carbonyl (C=O) groups excluding carboxylic acids is 3. The molecule has 2 aromatic carbocycles. The van der Waals surface area contributed by atoms with Crippen LogP contribution in [0.3, 0.4) is 0 Å². The smallest absolute Gasteiger partial charge is 0.331 e. The quantitative estimate of drug-likeness (QED) is 0.311. The van der Waals surface area contributed by atoms with Crippen molar-refractivity contribution in [3.8, 4) is 11.5 Å². The largest absolute Gasteiger partial charge is 0.457 e. The molecule has 6 rings (SSSR count). The number of thiophene rings is 1. The lowest BCUT2D eigenvalue weighted by Crippen LogP contribution is -2.39. The van der Waals surface area contributed by atoms with E-state index in [1.807, 2.05) is 55.5 Å². The van der Waals surface area contributed by atoms with Gasteiger partial charge in [-0.05, 0) is 61.4 Å². The van der Waals surface area contributed by atoms with Gasteiger partial charge in [0.1, 0.15) is 21.2 Å². The molecular formula is C29H25N5O4S. The van der Waals surface area contributed by atoms with E-state index < -0.39 is 0 Å². The number of para-hydroxylation sites is 1. The normalized spacial score (nSPS) is 16.2. The molecule has 1 saturated heterocycles. The van der Waals surface area contributed by atoms with E-state index in [0.717, 1.165) is 11.3 Å². The van der Waals surface area contributed by atoms with Crippen LogP contribution in [0.1, 0.15) is 21.7 Å². The molecule has 196 valence electrons. The minimum atomic E-state index is -0.370. The summed E-state index contributed by atoms with van der Waals surface area (Å²) >= 11 is 1.23. The van der Waals surface area contributed by atoms with Gasteiger partial charge in [0, 0.05) is 25.3 Å². The molecule has 2 aliphatic heterocycles. The number of pyridine rings is 1. The number of hydrogen-bond acceptors (Lipinski definition) is 6. The van der Waals surface area contributed by atoms with Crippen molar-refractivity contribution in [3.63, 3.8) is 0 Å². The molecule has 4 aromatic rings. The van der Waals surface area contributed by atoms with E-state index in [2.05, 4.69) is 22.2 Å². The van der Waals surface area contributed by atoms with Gasteiger partial charge in [0.15, 0.2) is 0 Å². The molecule has 2 aromatic heterocycles. The predicted octanol–water partition coefficient (Wildman–Crippen LogP) is 5.60. The highest BCUT2D eigenvalue weighted by Gasteiger charge is 2.34. The molecule has 1 atom stereocenters. The lowest BCUT2D eigenvalue weighted by Gasteiger charge is -2.29. The third-order valence-electron chi connectivity index (χ3n) is 6.85. The van der Waals surface area contributed by atoms with Gasteiger partial charge >= 0.3 is 6.03 Å². The fraction of sp³-hybridized carbons (Fsp3) is 0.172. The number of likely N-dealkylation sites (tertiary alicyclic amines) is 1. The highest BCUT2D eigenvalue weighted by Crippen LogP contribution is 2.46. The van der Waals surface area contributed by atoms with Crippen LogP contribution >= 0.6 is 11.3 Å². The number of hydrogen-bond donors (Lipinski definition) is 2. The van der Waals surface area contributed by atoms with E-state index >= 15 is 0 Å². The van der Waals surface area contributed by atoms with Gasteiger partial charge in [-0.3, -0.25) is 14.5 Å². The first-order valence-corrected chi connectivity index (χ1v) is 13.3. The van der Waals surface area contributed by atoms with Crippen LogP contribution in [0.25, 0.3) is 10.2 Å². The van der Waals surface area contributed by atoms with Crippen molar-refractivity contribution < 1.29 is 19.1 Å². The number of urea groups is 1. The van der Waals surface area contributed by atoms with Crippen LogP contribution in [0.2, 0.25) is 0 Å². The van der Waals surface area contributed by atoms with E-state index in [1.54, 1.807) is 22.1 Å². The number of ether oxygens (including phenoxy) is 1. The van der Waals surface area contributed by atoms with Crippen molar-refractivity contribution in [2.24, 2.45) is 0 Å². The Bertz CT molecular complexity index is 1630. The highest BCUT2D eigenvalue weighted by atomic mass is 32.1. The number of aryl methyl sites for hydroxylation is 1. The van der Waals surface area contributed by atoms with Crippen LogP contribution in [-0.2, 0) is 4.79 Å². The number of aromatic nitrogens is 1. The zero-order chi connectivity index (χ0) is 27.1. The monoisotopic (exact) mass is 539 g/mol. The topological polar surface area (TPSA) is 104 Å². The van der Waals surface area contributed by atoms with E-state index in [4.69, 9.17) is 4.74 Å². The Morgan fingerprint density at radius 3 is 2.74 bits per heavy atom. The molecule has 2 aliphatic rings. The summed E-state index contributed by atoms with van der Waals surface area (Å²) in [6, 6.07) is 16.3. The first-order valence-electron chi connectivity index (χ1n) is 12.5. The minimum absolute atomic E-state index is 0.153. The van der Waals surface area contributed by atoms with Gasteiger partial charge in [0.2, 0.25) is 5.91 Å². The van der Waals surface area contributed by atoms with Crippen LogP contribution < -0.4 is 20.3 Å². The zero-order valence-electron chi connectivity index (χ0n) is 21.1. The Morgan fingerprint density at radius 1 is 1.15 bits per heavy atom. The lowest BCUT2D eigenvalue weighted by molar-refractivity contribution is -0.125. The Kier molecular flexibility index (Phi) is 6.24. The second-order valence-electron chi connectivity index (χ2n) is 9.39. The fourth-order valence-electron chi connectivity index (χ4n) is 5.01. The van der Waals surface area contributed by atoms with E-state index in [-0.39, 0.29) is 23.9 Å². The Balaban J connectivity index is 1.29. The molecule has 0 spiro atoms. The molecule has 4 heterocycles. The minimum Gasteiger partial charge on any atom is -0.457 e. The maximum Gasteiger partial charge on any atom is 0.331 e. The average Bonchev–Trinajstić information content (AvgIpc) is 3.55. The molecule has 0 aliphatic carbocycles. The number of nitrogens with one attached hydrogen (secondary N) is 2. The summed E-state index contributed by atoms with van der Waals surface area (Å²) in [5.74, 6) is 0.932. The summed E-state index contributed by atoms with van der Waals surface area (Å²) in [6.45, 7) is 6.42. The maximum absolute atomic E-state index is 13.5. The Hall–Kier alpha value is -4.70. The summed E-state index contributed by atoms with van der Waals surface area (Å²) in [4.78, 5) is 47.5. The summed E-state index contributed by atoms with van der Waals surface area (Å²) in [5.41, 5.74) is 2.65. The third kappa shape index (κ3) is 4.48.